The van der Waals surface area contributed by atoms with Gasteiger partial charge in [0.1, 0.15) is 12.0 Å². The molecule has 3 aromatic rings. The van der Waals surface area contributed by atoms with Crippen molar-refractivity contribution >= 4 is 0 Å². The van der Waals surface area contributed by atoms with Crippen LogP contribution in [0.4, 0.5) is 4.39 Å². The summed E-state index contributed by atoms with van der Waals surface area (Å²) in [6.07, 6.45) is 3.98. The molecule has 0 saturated heterocycles. The minimum Gasteiger partial charge on any atom is -0.329 e. The van der Waals surface area contributed by atoms with Gasteiger partial charge in [-0.1, -0.05) is 18.2 Å². The second-order valence-electron chi connectivity index (χ2n) is 4.21. The maximum absolute atomic E-state index is 13.7. The van der Waals surface area contributed by atoms with Gasteiger partial charge in [-0.2, -0.15) is 0 Å². The van der Waals surface area contributed by atoms with Gasteiger partial charge in [-0.3, -0.25) is 4.79 Å². The zero-order valence-corrected chi connectivity index (χ0v) is 10.4. The van der Waals surface area contributed by atoms with E-state index in [0.29, 0.717) is 16.7 Å². The quantitative estimate of drug-likeness (QED) is 0.776. The number of H-pyrrole nitrogens is 1. The molecule has 1 N–H and O–H groups in total. The van der Waals surface area contributed by atoms with Crippen LogP contribution in [0.25, 0.3) is 22.4 Å². The Balaban J connectivity index is 2.14. The Morgan fingerprint density at radius 1 is 1.10 bits per heavy atom. The van der Waals surface area contributed by atoms with Crippen molar-refractivity contribution in [1.29, 1.82) is 0 Å². The standard InChI is InChI=1S/C15H10FN3O/c16-13-8-17-9-19-14(13)11-4-1-3-10(7-11)12-5-2-6-18-15(12)20/h1-9H,(H,18,20). The highest BCUT2D eigenvalue weighted by atomic mass is 19.1. The Labute approximate surface area is 114 Å². The molecule has 1 aromatic carbocycles. The smallest absolute Gasteiger partial charge is 0.255 e. The molecule has 0 aliphatic heterocycles. The summed E-state index contributed by atoms with van der Waals surface area (Å²) in [6.45, 7) is 0. The summed E-state index contributed by atoms with van der Waals surface area (Å²) >= 11 is 0. The highest BCUT2D eigenvalue weighted by molar-refractivity contribution is 5.70. The number of halogens is 1. The van der Waals surface area contributed by atoms with Gasteiger partial charge in [0.15, 0.2) is 5.82 Å². The number of hydrogen-bond acceptors (Lipinski definition) is 3. The van der Waals surface area contributed by atoms with Crippen LogP contribution >= 0.6 is 0 Å². The van der Waals surface area contributed by atoms with Gasteiger partial charge >= 0.3 is 0 Å². The number of aromatic amines is 1. The molecular weight excluding hydrogens is 257 g/mol. The van der Waals surface area contributed by atoms with Crippen molar-refractivity contribution in [2.75, 3.05) is 0 Å². The van der Waals surface area contributed by atoms with Gasteiger partial charge in [-0.15, -0.1) is 0 Å². The lowest BCUT2D eigenvalue weighted by atomic mass is 10.0. The third-order valence-electron chi connectivity index (χ3n) is 2.93. The van der Waals surface area contributed by atoms with E-state index < -0.39 is 5.82 Å². The summed E-state index contributed by atoms with van der Waals surface area (Å²) in [5.74, 6) is -0.494. The molecule has 0 aliphatic rings. The first-order valence-corrected chi connectivity index (χ1v) is 6.00. The number of rotatable bonds is 2. The summed E-state index contributed by atoms with van der Waals surface area (Å²) in [7, 11) is 0. The average molecular weight is 267 g/mol. The lowest BCUT2D eigenvalue weighted by Gasteiger charge is -2.05. The molecular formula is C15H10FN3O. The van der Waals surface area contributed by atoms with Gasteiger partial charge in [-0.25, -0.2) is 14.4 Å². The summed E-state index contributed by atoms with van der Waals surface area (Å²) in [6, 6.07) is 10.5. The van der Waals surface area contributed by atoms with Gasteiger partial charge in [0.2, 0.25) is 0 Å². The lowest BCUT2D eigenvalue weighted by molar-refractivity contribution is 0.618. The number of benzene rings is 1. The van der Waals surface area contributed by atoms with E-state index in [1.54, 1.807) is 42.6 Å². The zero-order valence-electron chi connectivity index (χ0n) is 10.4. The van der Waals surface area contributed by atoms with Crippen molar-refractivity contribution in [1.82, 2.24) is 15.0 Å². The van der Waals surface area contributed by atoms with E-state index in [4.69, 9.17) is 0 Å². The first kappa shape index (κ1) is 12.2. The van der Waals surface area contributed by atoms with E-state index in [1.165, 1.54) is 6.33 Å². The maximum Gasteiger partial charge on any atom is 0.255 e. The minimum absolute atomic E-state index is 0.187. The van der Waals surface area contributed by atoms with Crippen molar-refractivity contribution in [2.45, 2.75) is 0 Å². The summed E-state index contributed by atoms with van der Waals surface area (Å²) < 4.78 is 13.7. The summed E-state index contributed by atoms with van der Waals surface area (Å²) in [5.41, 5.74) is 1.87. The molecule has 0 fully saturated rings. The summed E-state index contributed by atoms with van der Waals surface area (Å²) in [5, 5.41) is 0. The number of aromatic nitrogens is 3. The molecule has 3 rings (SSSR count). The second-order valence-corrected chi connectivity index (χ2v) is 4.21. The van der Waals surface area contributed by atoms with Crippen LogP contribution in [-0.4, -0.2) is 15.0 Å². The van der Waals surface area contributed by atoms with Gasteiger partial charge in [0, 0.05) is 17.3 Å². The molecule has 0 unspecified atom stereocenters. The largest absolute Gasteiger partial charge is 0.329 e. The van der Waals surface area contributed by atoms with Crippen LogP contribution < -0.4 is 5.56 Å². The topological polar surface area (TPSA) is 58.6 Å². The van der Waals surface area contributed by atoms with E-state index in [2.05, 4.69) is 15.0 Å². The Hall–Kier alpha value is -2.82. The predicted octanol–water partition coefficient (Wildman–Crippen LogP) is 2.64. The summed E-state index contributed by atoms with van der Waals surface area (Å²) in [4.78, 5) is 22.0. The van der Waals surface area contributed by atoms with Crippen molar-refractivity contribution in [3.8, 4) is 22.4 Å². The van der Waals surface area contributed by atoms with Crippen molar-refractivity contribution in [3.05, 3.63) is 71.3 Å². The van der Waals surface area contributed by atoms with Crippen molar-refractivity contribution in [3.63, 3.8) is 0 Å². The first-order valence-electron chi connectivity index (χ1n) is 6.00. The zero-order chi connectivity index (χ0) is 13.9. The first-order chi connectivity index (χ1) is 9.75. The Bertz CT molecular complexity index is 814. The van der Waals surface area contributed by atoms with E-state index in [0.717, 1.165) is 6.20 Å². The van der Waals surface area contributed by atoms with Crippen LogP contribution in [0.2, 0.25) is 0 Å². The van der Waals surface area contributed by atoms with E-state index in [9.17, 15) is 9.18 Å². The Morgan fingerprint density at radius 3 is 2.75 bits per heavy atom. The molecule has 0 amide bonds. The van der Waals surface area contributed by atoms with E-state index >= 15 is 0 Å². The van der Waals surface area contributed by atoms with Crippen LogP contribution in [-0.2, 0) is 0 Å². The fourth-order valence-corrected chi connectivity index (χ4v) is 2.01. The van der Waals surface area contributed by atoms with Crippen LogP contribution in [0.5, 0.6) is 0 Å². The highest BCUT2D eigenvalue weighted by Crippen LogP contribution is 2.24. The molecule has 0 saturated carbocycles. The van der Waals surface area contributed by atoms with Crippen molar-refractivity contribution < 1.29 is 4.39 Å². The fourth-order valence-electron chi connectivity index (χ4n) is 2.01. The van der Waals surface area contributed by atoms with Gasteiger partial charge < -0.3 is 4.98 Å². The normalized spacial score (nSPS) is 10.4. The third-order valence-corrected chi connectivity index (χ3v) is 2.93. The van der Waals surface area contributed by atoms with Gasteiger partial charge in [0.05, 0.1) is 6.20 Å². The lowest BCUT2D eigenvalue weighted by Crippen LogP contribution is -2.06. The molecule has 20 heavy (non-hydrogen) atoms. The molecule has 2 aromatic heterocycles. The number of hydrogen-bond donors (Lipinski definition) is 1. The fraction of sp³-hybridized carbons (Fsp3) is 0. The van der Waals surface area contributed by atoms with Crippen LogP contribution in [0.15, 0.2) is 59.9 Å². The molecule has 0 radical (unpaired) electrons. The molecule has 98 valence electrons. The van der Waals surface area contributed by atoms with Gasteiger partial charge in [-0.05, 0) is 23.8 Å². The van der Waals surface area contributed by atoms with Crippen LogP contribution in [0.1, 0.15) is 0 Å². The molecule has 4 nitrogen and oxygen atoms in total. The molecule has 0 bridgehead atoms. The predicted molar refractivity (Wildman–Crippen MR) is 73.5 cm³/mol. The minimum atomic E-state index is -0.494. The van der Waals surface area contributed by atoms with Crippen LogP contribution in [0, 0.1) is 5.82 Å². The number of pyridine rings is 1. The monoisotopic (exact) mass is 267 g/mol. The maximum atomic E-state index is 13.7. The average Bonchev–Trinajstić information content (AvgIpc) is 2.48. The number of nitrogens with zero attached hydrogens (tertiary/aromatic N) is 2. The molecule has 0 spiro atoms. The molecule has 0 atom stereocenters. The third kappa shape index (κ3) is 2.21. The number of nitrogens with one attached hydrogen (secondary N) is 1. The Morgan fingerprint density at radius 2 is 1.95 bits per heavy atom. The molecule has 2 heterocycles. The van der Waals surface area contributed by atoms with Crippen LogP contribution in [0.3, 0.4) is 0 Å². The van der Waals surface area contributed by atoms with E-state index in [1.807, 2.05) is 0 Å². The molecule has 5 heteroatoms. The Kier molecular flexibility index (Phi) is 3.09. The second kappa shape index (κ2) is 5.05. The highest BCUT2D eigenvalue weighted by Gasteiger charge is 2.09. The SMILES string of the molecule is O=c1[nH]cccc1-c1cccc(-c2ncncc2F)c1. The van der Waals surface area contributed by atoms with Gasteiger partial charge in [0.25, 0.3) is 5.56 Å². The van der Waals surface area contributed by atoms with E-state index in [-0.39, 0.29) is 11.3 Å². The van der Waals surface area contributed by atoms with Crippen molar-refractivity contribution in [2.24, 2.45) is 0 Å². The molecule has 0 aliphatic carbocycles.